The summed E-state index contributed by atoms with van der Waals surface area (Å²) in [7, 11) is -3.72. The predicted molar refractivity (Wildman–Crippen MR) is 96.1 cm³/mol. The second-order valence-electron chi connectivity index (χ2n) is 4.88. The van der Waals surface area contributed by atoms with Crippen LogP contribution in [0.4, 0.5) is 0 Å². The molecule has 2 aromatic rings. The molecule has 0 spiro atoms. The second-order valence-corrected chi connectivity index (χ2v) is 7.56. The van der Waals surface area contributed by atoms with Gasteiger partial charge in [0, 0.05) is 4.47 Å². The number of carbonyl (C=O) groups is 1. The largest absolute Gasteiger partial charge is 0.272 e. The molecule has 0 aromatic heterocycles. The molecule has 6 nitrogen and oxygen atoms in total. The highest BCUT2D eigenvalue weighted by Crippen LogP contribution is 2.11. The molecule has 2 aromatic carbocycles. The summed E-state index contributed by atoms with van der Waals surface area (Å²) in [6, 6.07) is 15.3. The zero-order chi connectivity index (χ0) is 17.6. The monoisotopic (exact) mass is 409 g/mol. The van der Waals surface area contributed by atoms with E-state index in [0.717, 1.165) is 10.0 Å². The van der Waals surface area contributed by atoms with E-state index in [1.807, 2.05) is 24.3 Å². The van der Waals surface area contributed by atoms with Crippen LogP contribution in [0.15, 0.2) is 69.1 Å². The minimum absolute atomic E-state index is 0.104. The third-order valence-electron chi connectivity index (χ3n) is 3.09. The minimum atomic E-state index is -3.72. The van der Waals surface area contributed by atoms with Crippen LogP contribution < -0.4 is 10.1 Å². The van der Waals surface area contributed by atoms with Crippen molar-refractivity contribution in [1.29, 1.82) is 0 Å². The minimum Gasteiger partial charge on any atom is -0.272 e. The van der Waals surface area contributed by atoms with Crippen LogP contribution in [0.3, 0.4) is 0 Å². The molecule has 2 N–H and O–H groups in total. The number of sulfonamides is 1. The fourth-order valence-corrected chi connectivity index (χ4v) is 3.05. The first-order valence-corrected chi connectivity index (χ1v) is 9.30. The molecule has 0 bridgehead atoms. The number of nitrogens with one attached hydrogen (secondary N) is 2. The zero-order valence-electron chi connectivity index (χ0n) is 12.9. The molecule has 0 saturated heterocycles. The molecule has 126 valence electrons. The Balaban J connectivity index is 1.91. The molecule has 0 fully saturated rings. The summed E-state index contributed by atoms with van der Waals surface area (Å²) in [5, 5.41) is 3.96. The van der Waals surface area contributed by atoms with Gasteiger partial charge in [-0.05, 0) is 36.8 Å². The van der Waals surface area contributed by atoms with Crippen molar-refractivity contribution in [3.63, 3.8) is 0 Å². The topological polar surface area (TPSA) is 87.6 Å². The van der Waals surface area contributed by atoms with Crippen LogP contribution >= 0.6 is 15.9 Å². The SMILES string of the molecule is CC(=NNC(=O)CNS(=O)(=O)c1ccccc1)c1ccc(Br)cc1. The van der Waals surface area contributed by atoms with Gasteiger partial charge in [0.2, 0.25) is 10.0 Å². The van der Waals surface area contributed by atoms with Crippen LogP contribution in [-0.2, 0) is 14.8 Å². The van der Waals surface area contributed by atoms with Crippen molar-refractivity contribution in [3.8, 4) is 0 Å². The summed E-state index contributed by atoms with van der Waals surface area (Å²) in [6.07, 6.45) is 0. The van der Waals surface area contributed by atoms with Crippen molar-refractivity contribution in [2.45, 2.75) is 11.8 Å². The summed E-state index contributed by atoms with van der Waals surface area (Å²) in [5.74, 6) is -0.550. The van der Waals surface area contributed by atoms with Gasteiger partial charge in [0.1, 0.15) is 0 Å². The maximum Gasteiger partial charge on any atom is 0.255 e. The zero-order valence-corrected chi connectivity index (χ0v) is 15.3. The number of carbonyl (C=O) groups excluding carboxylic acids is 1. The molecule has 2 rings (SSSR count). The normalized spacial score (nSPS) is 12.0. The van der Waals surface area contributed by atoms with Crippen LogP contribution in [0.5, 0.6) is 0 Å². The lowest BCUT2D eigenvalue weighted by Crippen LogP contribution is -2.35. The number of rotatable bonds is 6. The number of amides is 1. The smallest absolute Gasteiger partial charge is 0.255 e. The van der Waals surface area contributed by atoms with Crippen molar-refractivity contribution < 1.29 is 13.2 Å². The van der Waals surface area contributed by atoms with Crippen LogP contribution in [0.2, 0.25) is 0 Å². The van der Waals surface area contributed by atoms with Crippen molar-refractivity contribution in [1.82, 2.24) is 10.1 Å². The molecule has 0 atom stereocenters. The van der Waals surface area contributed by atoms with Crippen molar-refractivity contribution in [2.24, 2.45) is 5.10 Å². The number of hydrogen-bond donors (Lipinski definition) is 2. The molecule has 0 saturated carbocycles. The van der Waals surface area contributed by atoms with E-state index in [2.05, 4.69) is 31.2 Å². The van der Waals surface area contributed by atoms with Gasteiger partial charge in [0.05, 0.1) is 17.2 Å². The van der Waals surface area contributed by atoms with Crippen LogP contribution in [0.25, 0.3) is 0 Å². The first kappa shape index (κ1) is 18.3. The Kier molecular flexibility index (Phi) is 6.24. The van der Waals surface area contributed by atoms with Gasteiger partial charge in [-0.25, -0.2) is 18.6 Å². The summed E-state index contributed by atoms with van der Waals surface area (Å²) in [4.78, 5) is 11.9. The summed E-state index contributed by atoms with van der Waals surface area (Å²) in [5.41, 5.74) is 3.79. The molecule has 0 unspecified atom stereocenters. The Labute approximate surface area is 149 Å². The molecule has 0 aliphatic rings. The van der Waals surface area contributed by atoms with Crippen molar-refractivity contribution >= 4 is 37.6 Å². The third-order valence-corrected chi connectivity index (χ3v) is 5.03. The Morgan fingerprint density at radius 3 is 2.33 bits per heavy atom. The van der Waals surface area contributed by atoms with Gasteiger partial charge in [0.25, 0.3) is 5.91 Å². The molecule has 0 aliphatic heterocycles. The molecular formula is C16H16BrN3O3S. The summed E-state index contributed by atoms with van der Waals surface area (Å²) < 4.78 is 27.2. The summed E-state index contributed by atoms with van der Waals surface area (Å²) >= 11 is 3.34. The Bertz CT molecular complexity index is 835. The maximum atomic E-state index is 12.0. The van der Waals surface area contributed by atoms with Crippen molar-refractivity contribution in [3.05, 3.63) is 64.6 Å². The number of benzene rings is 2. The van der Waals surface area contributed by atoms with Gasteiger partial charge in [-0.3, -0.25) is 4.79 Å². The van der Waals surface area contributed by atoms with E-state index in [1.165, 1.54) is 12.1 Å². The maximum absolute atomic E-state index is 12.0. The second kappa shape index (κ2) is 8.18. The van der Waals surface area contributed by atoms with Crippen molar-refractivity contribution in [2.75, 3.05) is 6.54 Å². The standard InChI is InChI=1S/C16H16BrN3O3S/c1-12(13-7-9-14(17)10-8-13)19-20-16(21)11-18-24(22,23)15-5-3-2-4-6-15/h2-10,18H,11H2,1H3,(H,20,21). The predicted octanol–water partition coefficient (Wildman–Crippen LogP) is 2.27. The first-order chi connectivity index (χ1) is 11.4. The van der Waals surface area contributed by atoms with Gasteiger partial charge < -0.3 is 0 Å². The lowest BCUT2D eigenvalue weighted by Gasteiger charge is -2.06. The average Bonchev–Trinajstić information content (AvgIpc) is 2.59. The number of nitrogens with zero attached hydrogens (tertiary/aromatic N) is 1. The molecular weight excluding hydrogens is 394 g/mol. The lowest BCUT2D eigenvalue weighted by molar-refractivity contribution is -0.119. The van der Waals surface area contributed by atoms with Gasteiger partial charge in [0.15, 0.2) is 0 Å². The highest BCUT2D eigenvalue weighted by Gasteiger charge is 2.14. The molecule has 1 amide bonds. The molecule has 0 heterocycles. The van der Waals surface area contributed by atoms with Crippen LogP contribution in [0.1, 0.15) is 12.5 Å². The Morgan fingerprint density at radius 1 is 1.08 bits per heavy atom. The average molecular weight is 410 g/mol. The van der Waals surface area contributed by atoms with E-state index in [9.17, 15) is 13.2 Å². The van der Waals surface area contributed by atoms with E-state index < -0.39 is 22.5 Å². The lowest BCUT2D eigenvalue weighted by atomic mass is 10.1. The van der Waals surface area contributed by atoms with Gasteiger partial charge in [-0.2, -0.15) is 5.10 Å². The summed E-state index contributed by atoms with van der Waals surface area (Å²) in [6.45, 7) is 1.35. The van der Waals surface area contributed by atoms with Gasteiger partial charge >= 0.3 is 0 Å². The van der Waals surface area contributed by atoms with Gasteiger partial charge in [-0.15, -0.1) is 0 Å². The molecule has 8 heteroatoms. The Hall–Kier alpha value is -2.03. The van der Waals surface area contributed by atoms with Gasteiger partial charge in [-0.1, -0.05) is 46.3 Å². The quantitative estimate of drug-likeness (QED) is 0.566. The van der Waals surface area contributed by atoms with E-state index in [0.29, 0.717) is 5.71 Å². The fraction of sp³-hybridized carbons (Fsp3) is 0.125. The highest BCUT2D eigenvalue weighted by molar-refractivity contribution is 9.10. The van der Waals surface area contributed by atoms with Crippen LogP contribution in [0, 0.1) is 0 Å². The molecule has 0 radical (unpaired) electrons. The van der Waals surface area contributed by atoms with E-state index in [4.69, 9.17) is 0 Å². The molecule has 24 heavy (non-hydrogen) atoms. The first-order valence-electron chi connectivity index (χ1n) is 7.02. The number of halogens is 1. The highest BCUT2D eigenvalue weighted by atomic mass is 79.9. The third kappa shape index (κ3) is 5.26. The van der Waals surface area contributed by atoms with E-state index in [1.54, 1.807) is 25.1 Å². The Morgan fingerprint density at radius 2 is 1.71 bits per heavy atom. The van der Waals surface area contributed by atoms with E-state index in [-0.39, 0.29) is 4.90 Å². The van der Waals surface area contributed by atoms with E-state index >= 15 is 0 Å². The number of hydrazone groups is 1. The van der Waals surface area contributed by atoms with Crippen LogP contribution in [-0.4, -0.2) is 26.6 Å². The molecule has 0 aliphatic carbocycles. The fourth-order valence-electron chi connectivity index (χ4n) is 1.78. The number of hydrogen-bond acceptors (Lipinski definition) is 4.